The predicted molar refractivity (Wildman–Crippen MR) is 71.4 cm³/mol. The van der Waals surface area contributed by atoms with Gasteiger partial charge < -0.3 is 9.84 Å². The summed E-state index contributed by atoms with van der Waals surface area (Å²) in [5, 5.41) is 13.8. The van der Waals surface area contributed by atoms with E-state index in [4.69, 9.17) is 4.74 Å². The third kappa shape index (κ3) is 1.97. The zero-order valence-electron chi connectivity index (χ0n) is 10.6. The Labute approximate surface area is 114 Å². The highest BCUT2D eigenvalue weighted by Gasteiger charge is 2.14. The summed E-state index contributed by atoms with van der Waals surface area (Å²) in [6, 6.07) is 11.7. The lowest BCUT2D eigenvalue weighted by Gasteiger charge is -2.00. The van der Waals surface area contributed by atoms with Gasteiger partial charge in [0.25, 0.3) is 0 Å². The van der Waals surface area contributed by atoms with Crippen molar-refractivity contribution in [2.75, 3.05) is 7.11 Å². The van der Waals surface area contributed by atoms with E-state index in [0.29, 0.717) is 22.7 Å². The Morgan fingerprint density at radius 3 is 2.80 bits per heavy atom. The van der Waals surface area contributed by atoms with Crippen LogP contribution in [-0.2, 0) is 4.74 Å². The fourth-order valence-corrected chi connectivity index (χ4v) is 1.93. The fourth-order valence-electron chi connectivity index (χ4n) is 1.93. The van der Waals surface area contributed by atoms with Crippen LogP contribution in [0.2, 0.25) is 0 Å². The minimum absolute atomic E-state index is 0.134. The Morgan fingerprint density at radius 2 is 2.05 bits per heavy atom. The van der Waals surface area contributed by atoms with Crippen LogP contribution in [0.3, 0.4) is 0 Å². The van der Waals surface area contributed by atoms with E-state index >= 15 is 0 Å². The second-order valence-corrected chi connectivity index (χ2v) is 4.16. The van der Waals surface area contributed by atoms with Crippen molar-refractivity contribution < 1.29 is 14.6 Å². The molecule has 3 rings (SSSR count). The SMILES string of the molecule is COC(=O)c1cccc2nc(-c3cccc(O)c3)nn12. The second kappa shape index (κ2) is 4.65. The molecule has 0 amide bonds. The third-order valence-corrected chi connectivity index (χ3v) is 2.86. The van der Waals surface area contributed by atoms with Gasteiger partial charge in [0, 0.05) is 5.56 Å². The van der Waals surface area contributed by atoms with Gasteiger partial charge in [-0.05, 0) is 24.3 Å². The normalized spacial score (nSPS) is 10.7. The van der Waals surface area contributed by atoms with E-state index in [1.807, 2.05) is 0 Å². The first kappa shape index (κ1) is 12.2. The molecule has 6 heteroatoms. The maximum Gasteiger partial charge on any atom is 0.356 e. The lowest BCUT2D eigenvalue weighted by atomic mass is 10.2. The van der Waals surface area contributed by atoms with E-state index in [0.717, 1.165) is 0 Å². The monoisotopic (exact) mass is 269 g/mol. The molecule has 0 aliphatic rings. The number of aromatic hydroxyl groups is 1. The van der Waals surface area contributed by atoms with Crippen LogP contribution in [-0.4, -0.2) is 32.8 Å². The van der Waals surface area contributed by atoms with Crippen LogP contribution < -0.4 is 0 Å². The summed E-state index contributed by atoms with van der Waals surface area (Å²) in [6.45, 7) is 0. The maximum absolute atomic E-state index is 11.7. The Balaban J connectivity index is 2.18. The molecule has 1 N–H and O–H groups in total. The number of carbonyl (C=O) groups is 1. The number of methoxy groups -OCH3 is 1. The minimum atomic E-state index is -0.483. The molecule has 0 spiro atoms. The largest absolute Gasteiger partial charge is 0.508 e. The van der Waals surface area contributed by atoms with Gasteiger partial charge in [0.15, 0.2) is 17.2 Å². The molecule has 0 atom stereocenters. The summed E-state index contributed by atoms with van der Waals surface area (Å²) in [5.41, 5.74) is 1.50. The van der Waals surface area contributed by atoms with Crippen molar-refractivity contribution in [2.45, 2.75) is 0 Å². The van der Waals surface area contributed by atoms with Gasteiger partial charge >= 0.3 is 5.97 Å². The number of hydrogen-bond donors (Lipinski definition) is 1. The van der Waals surface area contributed by atoms with E-state index < -0.39 is 5.97 Å². The lowest BCUT2D eigenvalue weighted by molar-refractivity contribution is 0.0591. The van der Waals surface area contributed by atoms with Gasteiger partial charge in [-0.1, -0.05) is 18.2 Å². The standard InChI is InChI=1S/C14H11N3O3/c1-20-14(19)11-6-3-7-12-15-13(16-17(11)12)9-4-2-5-10(18)8-9/h2-8,18H,1H3. The average molecular weight is 269 g/mol. The highest BCUT2D eigenvalue weighted by molar-refractivity contribution is 5.88. The van der Waals surface area contributed by atoms with Gasteiger partial charge in [-0.25, -0.2) is 14.3 Å². The van der Waals surface area contributed by atoms with Crippen LogP contribution in [0.25, 0.3) is 17.0 Å². The van der Waals surface area contributed by atoms with Crippen molar-refractivity contribution in [1.82, 2.24) is 14.6 Å². The summed E-state index contributed by atoms with van der Waals surface area (Å²) in [4.78, 5) is 16.0. The molecule has 2 aromatic heterocycles. The van der Waals surface area contributed by atoms with Gasteiger partial charge in [0.05, 0.1) is 7.11 Å². The summed E-state index contributed by atoms with van der Waals surface area (Å²) in [6.07, 6.45) is 0. The zero-order valence-corrected chi connectivity index (χ0v) is 10.6. The van der Waals surface area contributed by atoms with Gasteiger partial charge in [0.2, 0.25) is 0 Å². The number of aromatic nitrogens is 3. The van der Waals surface area contributed by atoms with Crippen LogP contribution in [0.5, 0.6) is 5.75 Å². The van der Waals surface area contributed by atoms with E-state index in [-0.39, 0.29) is 5.75 Å². The van der Waals surface area contributed by atoms with E-state index in [9.17, 15) is 9.90 Å². The first-order valence-electron chi connectivity index (χ1n) is 5.92. The maximum atomic E-state index is 11.7. The van der Waals surface area contributed by atoms with Crippen LogP contribution in [0.15, 0.2) is 42.5 Å². The van der Waals surface area contributed by atoms with Crippen molar-refractivity contribution >= 4 is 11.6 Å². The summed E-state index contributed by atoms with van der Waals surface area (Å²) in [7, 11) is 1.31. The molecule has 0 unspecified atom stereocenters. The lowest BCUT2D eigenvalue weighted by Crippen LogP contribution is -2.08. The van der Waals surface area contributed by atoms with Crippen LogP contribution in [0.4, 0.5) is 0 Å². The molecule has 3 aromatic rings. The smallest absolute Gasteiger partial charge is 0.356 e. The number of phenolic OH excluding ortho intramolecular Hbond substituents is 1. The van der Waals surface area contributed by atoms with Gasteiger partial charge in [-0.15, -0.1) is 5.10 Å². The van der Waals surface area contributed by atoms with E-state index in [2.05, 4.69) is 10.1 Å². The van der Waals surface area contributed by atoms with Crippen LogP contribution in [0.1, 0.15) is 10.5 Å². The van der Waals surface area contributed by atoms with Crippen molar-refractivity contribution in [1.29, 1.82) is 0 Å². The molecule has 100 valence electrons. The molecule has 0 saturated carbocycles. The Kier molecular flexibility index (Phi) is 2.83. The third-order valence-electron chi connectivity index (χ3n) is 2.86. The number of hydrogen-bond acceptors (Lipinski definition) is 5. The molecule has 0 aliphatic carbocycles. The number of carbonyl (C=O) groups excluding carboxylic acids is 1. The molecule has 20 heavy (non-hydrogen) atoms. The first-order valence-corrected chi connectivity index (χ1v) is 5.92. The minimum Gasteiger partial charge on any atom is -0.508 e. The number of fused-ring (bicyclic) bond motifs is 1. The Hall–Kier alpha value is -2.89. The number of phenols is 1. The number of benzene rings is 1. The molecule has 0 radical (unpaired) electrons. The number of nitrogens with zero attached hydrogens (tertiary/aromatic N) is 3. The number of rotatable bonds is 2. The van der Waals surface area contributed by atoms with Crippen LogP contribution in [0, 0.1) is 0 Å². The predicted octanol–water partition coefficient (Wildman–Crippen LogP) is 1.89. The molecule has 0 fully saturated rings. The summed E-state index contributed by atoms with van der Waals surface area (Å²) in [5.74, 6) is 0.0785. The van der Waals surface area contributed by atoms with E-state index in [1.54, 1.807) is 42.5 Å². The number of esters is 1. The van der Waals surface area contributed by atoms with Crippen molar-refractivity contribution in [3.05, 3.63) is 48.2 Å². The molecule has 6 nitrogen and oxygen atoms in total. The molecule has 1 aromatic carbocycles. The van der Waals surface area contributed by atoms with Gasteiger partial charge in [-0.2, -0.15) is 0 Å². The van der Waals surface area contributed by atoms with Gasteiger partial charge in [-0.3, -0.25) is 0 Å². The molecular weight excluding hydrogens is 258 g/mol. The molecule has 0 saturated heterocycles. The molecule has 0 bridgehead atoms. The van der Waals surface area contributed by atoms with E-state index in [1.165, 1.54) is 11.6 Å². The first-order chi connectivity index (χ1) is 9.69. The second-order valence-electron chi connectivity index (χ2n) is 4.16. The van der Waals surface area contributed by atoms with Crippen molar-refractivity contribution in [3.63, 3.8) is 0 Å². The van der Waals surface area contributed by atoms with Crippen molar-refractivity contribution in [2.24, 2.45) is 0 Å². The Bertz CT molecular complexity index is 795. The number of pyridine rings is 1. The summed E-state index contributed by atoms with van der Waals surface area (Å²) < 4.78 is 6.13. The number of ether oxygens (including phenoxy) is 1. The molecule has 2 heterocycles. The van der Waals surface area contributed by atoms with Gasteiger partial charge in [0.1, 0.15) is 5.75 Å². The van der Waals surface area contributed by atoms with Crippen molar-refractivity contribution in [3.8, 4) is 17.1 Å². The highest BCUT2D eigenvalue weighted by atomic mass is 16.5. The summed E-state index contributed by atoms with van der Waals surface area (Å²) >= 11 is 0. The quantitative estimate of drug-likeness (QED) is 0.719. The average Bonchev–Trinajstić information content (AvgIpc) is 2.90. The topological polar surface area (TPSA) is 76.7 Å². The van der Waals surface area contributed by atoms with Crippen LogP contribution >= 0.6 is 0 Å². The Morgan fingerprint density at radius 1 is 1.25 bits per heavy atom. The highest BCUT2D eigenvalue weighted by Crippen LogP contribution is 2.21. The zero-order chi connectivity index (χ0) is 14.1. The molecular formula is C14H11N3O3. The fraction of sp³-hybridized carbons (Fsp3) is 0.0714. The molecule has 0 aliphatic heterocycles.